The smallest absolute Gasteiger partial charge is 0.255 e. The highest BCUT2D eigenvalue weighted by Gasteiger charge is 2.25. The molecular formula is C20H21FN4O2. The summed E-state index contributed by atoms with van der Waals surface area (Å²) in [5, 5.41) is 0. The van der Waals surface area contributed by atoms with Crippen molar-refractivity contribution in [1.29, 1.82) is 0 Å². The first-order chi connectivity index (χ1) is 13.1. The Kier molecular flexibility index (Phi) is 4.87. The lowest BCUT2D eigenvalue weighted by Crippen LogP contribution is -2.46. The molecule has 2 N–H and O–H groups in total. The van der Waals surface area contributed by atoms with Gasteiger partial charge in [-0.15, -0.1) is 0 Å². The minimum absolute atomic E-state index is 0.00486. The van der Waals surface area contributed by atoms with Gasteiger partial charge >= 0.3 is 0 Å². The highest BCUT2D eigenvalue weighted by molar-refractivity contribution is 5.94. The lowest BCUT2D eigenvalue weighted by molar-refractivity contribution is -0.0236. The van der Waals surface area contributed by atoms with Crippen molar-refractivity contribution in [1.82, 2.24) is 14.3 Å². The molecule has 0 aliphatic carbocycles. The maximum absolute atomic E-state index is 13.1. The highest BCUT2D eigenvalue weighted by atomic mass is 19.1. The molecule has 1 fully saturated rings. The quantitative estimate of drug-likeness (QED) is 0.767. The van der Waals surface area contributed by atoms with Gasteiger partial charge in [0.05, 0.1) is 24.0 Å². The number of rotatable bonds is 4. The van der Waals surface area contributed by atoms with E-state index in [1.165, 1.54) is 12.1 Å². The zero-order valence-corrected chi connectivity index (χ0v) is 14.8. The molecule has 0 bridgehead atoms. The van der Waals surface area contributed by atoms with Gasteiger partial charge in [-0.05, 0) is 49.4 Å². The Hall–Kier alpha value is -2.77. The van der Waals surface area contributed by atoms with E-state index in [9.17, 15) is 9.18 Å². The number of benzene rings is 1. The molecular weight excluding hydrogens is 347 g/mol. The molecule has 27 heavy (non-hydrogen) atoms. The van der Waals surface area contributed by atoms with Crippen LogP contribution in [0.5, 0.6) is 0 Å². The van der Waals surface area contributed by atoms with Gasteiger partial charge in [0.2, 0.25) is 0 Å². The van der Waals surface area contributed by atoms with Crippen molar-refractivity contribution in [2.45, 2.75) is 12.5 Å². The van der Waals surface area contributed by atoms with E-state index in [4.69, 9.17) is 10.5 Å². The summed E-state index contributed by atoms with van der Waals surface area (Å²) in [5.41, 5.74) is 8.48. The van der Waals surface area contributed by atoms with E-state index in [-0.39, 0.29) is 17.8 Å². The van der Waals surface area contributed by atoms with Crippen molar-refractivity contribution in [2.24, 2.45) is 5.73 Å². The Morgan fingerprint density at radius 3 is 2.81 bits per heavy atom. The number of carbonyl (C=O) groups is 1. The molecule has 0 spiro atoms. The number of nitrogens with zero attached hydrogens (tertiary/aromatic N) is 3. The van der Waals surface area contributed by atoms with Crippen LogP contribution in [-0.2, 0) is 4.74 Å². The normalized spacial score (nSPS) is 17.4. The van der Waals surface area contributed by atoms with Gasteiger partial charge in [0.25, 0.3) is 5.91 Å². The summed E-state index contributed by atoms with van der Waals surface area (Å²) in [5.74, 6) is -0.312. The summed E-state index contributed by atoms with van der Waals surface area (Å²) >= 11 is 0. The minimum atomic E-state index is -0.283. The number of carbonyl (C=O) groups excluding carboxylic acids is 1. The second-order valence-corrected chi connectivity index (χ2v) is 6.64. The summed E-state index contributed by atoms with van der Waals surface area (Å²) in [6, 6.07) is 9.79. The number of amides is 1. The number of aromatic nitrogens is 2. The van der Waals surface area contributed by atoms with E-state index < -0.39 is 0 Å². The molecule has 1 atom stereocenters. The van der Waals surface area contributed by atoms with Crippen LogP contribution >= 0.6 is 0 Å². The van der Waals surface area contributed by atoms with Crippen LogP contribution in [-0.4, -0.2) is 52.5 Å². The van der Waals surface area contributed by atoms with Gasteiger partial charge in [0.15, 0.2) is 0 Å². The third kappa shape index (κ3) is 3.70. The lowest BCUT2D eigenvalue weighted by Gasteiger charge is -2.32. The maximum Gasteiger partial charge on any atom is 0.255 e. The molecule has 4 rings (SSSR count). The van der Waals surface area contributed by atoms with Gasteiger partial charge < -0.3 is 19.8 Å². The number of morpholine rings is 1. The van der Waals surface area contributed by atoms with Crippen LogP contribution in [0.2, 0.25) is 0 Å². The molecule has 3 heterocycles. The number of fused-ring (bicyclic) bond motifs is 1. The van der Waals surface area contributed by atoms with Crippen molar-refractivity contribution in [3.05, 3.63) is 60.2 Å². The first-order valence-electron chi connectivity index (χ1n) is 8.99. The van der Waals surface area contributed by atoms with Crippen LogP contribution in [0.3, 0.4) is 0 Å². The number of pyridine rings is 1. The molecule has 1 aliphatic heterocycles. The Morgan fingerprint density at radius 2 is 2.04 bits per heavy atom. The van der Waals surface area contributed by atoms with Crippen LogP contribution in [0.15, 0.2) is 48.8 Å². The largest absolute Gasteiger partial charge is 0.374 e. The monoisotopic (exact) mass is 368 g/mol. The summed E-state index contributed by atoms with van der Waals surface area (Å²) in [6.07, 6.45) is 4.36. The van der Waals surface area contributed by atoms with Gasteiger partial charge in [-0.2, -0.15) is 0 Å². The van der Waals surface area contributed by atoms with Gasteiger partial charge in [-0.25, -0.2) is 9.37 Å². The van der Waals surface area contributed by atoms with Crippen molar-refractivity contribution in [3.8, 4) is 11.3 Å². The Labute approximate surface area is 156 Å². The van der Waals surface area contributed by atoms with Gasteiger partial charge in [-0.3, -0.25) is 4.79 Å². The third-order valence-electron chi connectivity index (χ3n) is 4.75. The standard InChI is InChI=1S/C20H21FN4O2/c21-16-4-1-14(2-5-16)18-13-25-11-15(3-6-19(25)23-18)20(26)24-9-10-27-17(12-24)7-8-22/h1-6,11,13,17H,7-10,12,22H2. The van der Waals surface area contributed by atoms with E-state index in [0.29, 0.717) is 31.8 Å². The number of ether oxygens (including phenoxy) is 1. The topological polar surface area (TPSA) is 72.9 Å². The van der Waals surface area contributed by atoms with Gasteiger partial charge in [0, 0.05) is 31.0 Å². The van der Waals surface area contributed by atoms with E-state index in [2.05, 4.69) is 4.98 Å². The predicted octanol–water partition coefficient (Wildman–Crippen LogP) is 2.33. The average molecular weight is 368 g/mol. The van der Waals surface area contributed by atoms with Gasteiger partial charge in [0.1, 0.15) is 11.5 Å². The molecule has 140 valence electrons. The summed E-state index contributed by atoms with van der Waals surface area (Å²) in [6.45, 7) is 2.19. The molecule has 3 aromatic rings. The zero-order valence-electron chi connectivity index (χ0n) is 14.8. The number of imidazole rings is 1. The summed E-state index contributed by atoms with van der Waals surface area (Å²) in [4.78, 5) is 19.2. The fourth-order valence-electron chi connectivity index (χ4n) is 3.32. The molecule has 7 heteroatoms. The second-order valence-electron chi connectivity index (χ2n) is 6.64. The average Bonchev–Trinajstić information content (AvgIpc) is 3.11. The van der Waals surface area contributed by atoms with Crippen molar-refractivity contribution < 1.29 is 13.9 Å². The van der Waals surface area contributed by atoms with E-state index >= 15 is 0 Å². The minimum Gasteiger partial charge on any atom is -0.374 e. The number of hydrogen-bond donors (Lipinski definition) is 1. The lowest BCUT2D eigenvalue weighted by atomic mass is 10.1. The first-order valence-corrected chi connectivity index (χ1v) is 8.99. The molecule has 1 unspecified atom stereocenters. The van der Waals surface area contributed by atoms with Crippen molar-refractivity contribution in [2.75, 3.05) is 26.2 Å². The molecule has 0 saturated carbocycles. The van der Waals surface area contributed by atoms with E-state index in [1.807, 2.05) is 21.6 Å². The summed E-state index contributed by atoms with van der Waals surface area (Å²) < 4.78 is 20.6. The SMILES string of the molecule is NCCC1CN(C(=O)c2ccc3nc(-c4ccc(F)cc4)cn3c2)CCO1. The molecule has 1 saturated heterocycles. The van der Waals surface area contributed by atoms with E-state index in [1.54, 1.807) is 24.4 Å². The fraction of sp³-hybridized carbons (Fsp3) is 0.300. The van der Waals surface area contributed by atoms with Crippen LogP contribution in [0.1, 0.15) is 16.8 Å². The summed E-state index contributed by atoms with van der Waals surface area (Å²) in [7, 11) is 0. The Balaban J connectivity index is 1.57. The molecule has 1 amide bonds. The number of nitrogens with two attached hydrogens (primary N) is 1. The Morgan fingerprint density at radius 1 is 1.22 bits per heavy atom. The first kappa shape index (κ1) is 17.6. The Bertz CT molecular complexity index is 952. The molecule has 2 aromatic heterocycles. The maximum atomic E-state index is 13.1. The number of halogens is 1. The van der Waals surface area contributed by atoms with Crippen LogP contribution in [0.25, 0.3) is 16.9 Å². The van der Waals surface area contributed by atoms with Crippen molar-refractivity contribution in [3.63, 3.8) is 0 Å². The molecule has 1 aliphatic rings. The molecule has 0 radical (unpaired) electrons. The third-order valence-corrected chi connectivity index (χ3v) is 4.75. The van der Waals surface area contributed by atoms with Crippen molar-refractivity contribution >= 4 is 11.6 Å². The van der Waals surface area contributed by atoms with E-state index in [0.717, 1.165) is 23.3 Å². The molecule has 6 nitrogen and oxygen atoms in total. The highest BCUT2D eigenvalue weighted by Crippen LogP contribution is 2.20. The molecule has 1 aromatic carbocycles. The second kappa shape index (κ2) is 7.46. The van der Waals surface area contributed by atoms with Crippen LogP contribution in [0, 0.1) is 5.82 Å². The van der Waals surface area contributed by atoms with Crippen LogP contribution in [0.4, 0.5) is 4.39 Å². The zero-order chi connectivity index (χ0) is 18.8. The van der Waals surface area contributed by atoms with Gasteiger partial charge in [-0.1, -0.05) is 0 Å². The number of hydrogen-bond acceptors (Lipinski definition) is 4. The van der Waals surface area contributed by atoms with Crippen LogP contribution < -0.4 is 5.73 Å². The predicted molar refractivity (Wildman–Crippen MR) is 99.9 cm³/mol. The fourth-order valence-corrected chi connectivity index (χ4v) is 3.32.